The summed E-state index contributed by atoms with van der Waals surface area (Å²) in [7, 11) is 5.66. The van der Waals surface area contributed by atoms with E-state index in [9.17, 15) is 24.3 Å². The van der Waals surface area contributed by atoms with E-state index in [4.69, 9.17) is 15.9 Å². The summed E-state index contributed by atoms with van der Waals surface area (Å²) in [5, 5.41) is 27.4. The zero-order valence-electron chi connectivity index (χ0n) is 14.4. The summed E-state index contributed by atoms with van der Waals surface area (Å²) in [6, 6.07) is -1.06. The highest BCUT2D eigenvalue weighted by Gasteiger charge is 2.17. The fourth-order valence-corrected chi connectivity index (χ4v) is 1.50. The first-order valence-electron chi connectivity index (χ1n) is 7.12. The predicted molar refractivity (Wildman–Crippen MR) is 80.1 cm³/mol. The van der Waals surface area contributed by atoms with Crippen molar-refractivity contribution in [3.05, 3.63) is 0 Å². The quantitative estimate of drug-likeness (QED) is 0.243. The van der Waals surface area contributed by atoms with E-state index in [-0.39, 0.29) is 19.3 Å². The second-order valence-electron chi connectivity index (χ2n) is 6.15. The molecular formula is C14H26N2O8. The second-order valence-corrected chi connectivity index (χ2v) is 6.15. The van der Waals surface area contributed by atoms with Crippen LogP contribution in [0.1, 0.15) is 26.2 Å². The molecule has 0 aromatic carbocycles. The largest absolute Gasteiger partial charge is 0.550 e. The van der Waals surface area contributed by atoms with Gasteiger partial charge in [0.2, 0.25) is 0 Å². The van der Waals surface area contributed by atoms with Crippen molar-refractivity contribution >= 4 is 23.9 Å². The van der Waals surface area contributed by atoms with Crippen LogP contribution in [0.3, 0.4) is 0 Å². The molecule has 0 heterocycles. The van der Waals surface area contributed by atoms with Crippen LogP contribution < -0.4 is 10.8 Å². The molecule has 10 heteroatoms. The van der Waals surface area contributed by atoms with Crippen LogP contribution in [0, 0.1) is 0 Å². The summed E-state index contributed by atoms with van der Waals surface area (Å²) in [6.45, 7) is 1.50. The number of aliphatic hydroxyl groups is 1. The molecule has 0 aliphatic carbocycles. The Labute approximate surface area is 140 Å². The van der Waals surface area contributed by atoms with Crippen LogP contribution in [0.4, 0.5) is 0 Å². The van der Waals surface area contributed by atoms with E-state index in [1.165, 1.54) is 0 Å². The summed E-state index contributed by atoms with van der Waals surface area (Å²) < 4.78 is 4.70. The lowest BCUT2D eigenvalue weighted by Gasteiger charge is -2.26. The first kappa shape index (κ1) is 24.2. The molecule has 0 radical (unpaired) electrons. The van der Waals surface area contributed by atoms with E-state index in [1.807, 2.05) is 21.1 Å². The maximum Gasteiger partial charge on any atom is 0.330 e. The number of esters is 2. The smallest absolute Gasteiger partial charge is 0.330 e. The minimum atomic E-state index is -1.20. The highest BCUT2D eigenvalue weighted by atomic mass is 16.6. The van der Waals surface area contributed by atoms with Crippen molar-refractivity contribution in [2.45, 2.75) is 38.3 Å². The zero-order chi connectivity index (χ0) is 19.5. The normalized spacial score (nSPS) is 13.1. The first-order chi connectivity index (χ1) is 10.7. The number of hydrogen-bond donors (Lipinski definition) is 3. The van der Waals surface area contributed by atoms with E-state index >= 15 is 0 Å². The first-order valence-corrected chi connectivity index (χ1v) is 7.12. The molecule has 0 aromatic heterocycles. The predicted octanol–water partition coefficient (Wildman–Crippen LogP) is -2.54. The fourth-order valence-electron chi connectivity index (χ4n) is 1.50. The molecule has 2 atom stereocenters. The zero-order valence-corrected chi connectivity index (χ0v) is 14.4. The lowest BCUT2D eigenvalue weighted by molar-refractivity contribution is -0.873. The third kappa shape index (κ3) is 18.0. The summed E-state index contributed by atoms with van der Waals surface area (Å²) in [6.07, 6.45) is -1.36. The van der Waals surface area contributed by atoms with Gasteiger partial charge in [0, 0.05) is 25.7 Å². The summed E-state index contributed by atoms with van der Waals surface area (Å²) >= 11 is 0. The number of carboxylic acids is 2. The fraction of sp³-hybridized carbons (Fsp3) is 0.714. The number of nitrogens with zero attached hydrogens (tertiary/aromatic N) is 1. The van der Waals surface area contributed by atoms with Crippen molar-refractivity contribution in [2.75, 3.05) is 27.7 Å². The third-order valence-corrected chi connectivity index (χ3v) is 2.38. The molecule has 0 aliphatic heterocycles. The van der Waals surface area contributed by atoms with Crippen LogP contribution in [0.25, 0.3) is 0 Å². The molecule has 0 saturated heterocycles. The van der Waals surface area contributed by atoms with Crippen LogP contribution in [0.5, 0.6) is 0 Å². The average molecular weight is 350 g/mol. The molecule has 0 amide bonds. The van der Waals surface area contributed by atoms with Gasteiger partial charge >= 0.3 is 17.9 Å². The standard InChI is InChI=1S/C7H11NO5.C7H15NO3/c1-4(9)13-7(12)5(8)2-3-6(10)11;1-8(2,3)5-6(9)4-7(10)11/h5H,2-3,8H2,1H3,(H,10,11);6,9H,4-5H2,1-3H3/t5-;6-/m01/s1. The Morgan fingerprint density at radius 2 is 1.71 bits per heavy atom. The molecule has 24 heavy (non-hydrogen) atoms. The van der Waals surface area contributed by atoms with Gasteiger partial charge in [-0.3, -0.25) is 9.59 Å². The maximum absolute atomic E-state index is 10.8. The van der Waals surface area contributed by atoms with Crippen molar-refractivity contribution in [3.8, 4) is 0 Å². The van der Waals surface area contributed by atoms with Crippen LogP contribution >= 0.6 is 0 Å². The molecule has 0 aromatic rings. The van der Waals surface area contributed by atoms with E-state index in [2.05, 4.69) is 4.74 Å². The lowest BCUT2D eigenvalue weighted by Crippen LogP contribution is -2.43. The topological polar surface area (TPSA) is 167 Å². The molecule has 0 unspecified atom stereocenters. The van der Waals surface area contributed by atoms with E-state index in [1.54, 1.807) is 0 Å². The number of carbonyl (C=O) groups excluding carboxylic acids is 3. The molecule has 10 nitrogen and oxygen atoms in total. The van der Waals surface area contributed by atoms with Crippen molar-refractivity contribution in [2.24, 2.45) is 5.73 Å². The highest BCUT2D eigenvalue weighted by molar-refractivity contribution is 5.87. The number of nitrogens with two attached hydrogens (primary N) is 1. The molecule has 0 aliphatic rings. The number of hydrogen-bond acceptors (Lipinski definition) is 8. The molecular weight excluding hydrogens is 324 g/mol. The van der Waals surface area contributed by atoms with E-state index in [0.29, 0.717) is 11.0 Å². The van der Waals surface area contributed by atoms with Gasteiger partial charge in [0.05, 0.1) is 21.1 Å². The Kier molecular flexibility index (Phi) is 11.6. The van der Waals surface area contributed by atoms with Crippen LogP contribution in [-0.4, -0.2) is 78.4 Å². The Hall–Kier alpha value is -2.04. The number of likely N-dealkylation sites (N-methyl/N-ethyl adjacent to an activating group) is 1. The Morgan fingerprint density at radius 1 is 1.21 bits per heavy atom. The number of carboxylic acid groups (broad SMARTS) is 2. The second kappa shape index (κ2) is 11.5. The third-order valence-electron chi connectivity index (χ3n) is 2.38. The highest BCUT2D eigenvalue weighted by Crippen LogP contribution is 1.98. The molecule has 0 spiro atoms. The number of aliphatic carboxylic acids is 2. The van der Waals surface area contributed by atoms with Gasteiger partial charge in [0.15, 0.2) is 0 Å². The minimum absolute atomic E-state index is 0.0402. The maximum atomic E-state index is 10.8. The van der Waals surface area contributed by atoms with Gasteiger partial charge in [0.25, 0.3) is 0 Å². The van der Waals surface area contributed by atoms with Gasteiger partial charge in [0.1, 0.15) is 18.7 Å². The van der Waals surface area contributed by atoms with Crippen molar-refractivity contribution in [1.82, 2.24) is 0 Å². The van der Waals surface area contributed by atoms with Gasteiger partial charge in [-0.25, -0.2) is 4.79 Å². The SMILES string of the molecule is CC(=O)OC(=O)[C@@H](N)CCC(=O)O.C[N+](C)(C)C[C@H](O)CC(=O)[O-]. The van der Waals surface area contributed by atoms with Crippen molar-refractivity contribution < 1.29 is 43.7 Å². The molecule has 0 fully saturated rings. The summed E-state index contributed by atoms with van der Waals surface area (Å²) in [5.74, 6) is -3.90. The van der Waals surface area contributed by atoms with Crippen LogP contribution in [-0.2, 0) is 23.9 Å². The molecule has 140 valence electrons. The monoisotopic (exact) mass is 350 g/mol. The van der Waals surface area contributed by atoms with Gasteiger partial charge in [-0.05, 0) is 6.42 Å². The van der Waals surface area contributed by atoms with Crippen molar-refractivity contribution in [1.29, 1.82) is 0 Å². The van der Waals surface area contributed by atoms with E-state index < -0.39 is 36.0 Å². The van der Waals surface area contributed by atoms with Gasteiger partial charge < -0.3 is 35.1 Å². The number of rotatable bonds is 8. The van der Waals surface area contributed by atoms with Gasteiger partial charge in [-0.1, -0.05) is 0 Å². The summed E-state index contributed by atoms with van der Waals surface area (Å²) in [5.41, 5.74) is 5.22. The number of ether oxygens (including phenoxy) is 1. The number of quaternary nitrogens is 1. The molecule has 0 saturated carbocycles. The van der Waals surface area contributed by atoms with Crippen LogP contribution in [0.2, 0.25) is 0 Å². The van der Waals surface area contributed by atoms with E-state index in [0.717, 1.165) is 6.92 Å². The Bertz CT molecular complexity index is 445. The number of carbonyl (C=O) groups is 4. The lowest BCUT2D eigenvalue weighted by atomic mass is 10.2. The van der Waals surface area contributed by atoms with Gasteiger partial charge in [-0.15, -0.1) is 0 Å². The minimum Gasteiger partial charge on any atom is -0.550 e. The van der Waals surface area contributed by atoms with Crippen molar-refractivity contribution in [3.63, 3.8) is 0 Å². The molecule has 0 bridgehead atoms. The number of aliphatic hydroxyl groups excluding tert-OH is 1. The molecule has 4 N–H and O–H groups in total. The van der Waals surface area contributed by atoms with Crippen LogP contribution in [0.15, 0.2) is 0 Å². The average Bonchev–Trinajstić information content (AvgIpc) is 2.32. The Balaban J connectivity index is 0. The Morgan fingerprint density at radius 3 is 2.04 bits per heavy atom. The molecule has 0 rings (SSSR count). The summed E-state index contributed by atoms with van der Waals surface area (Å²) in [4.78, 5) is 41.2. The van der Waals surface area contributed by atoms with Gasteiger partial charge in [-0.2, -0.15) is 0 Å².